The third-order valence-electron chi connectivity index (χ3n) is 3.31. The molecule has 0 radical (unpaired) electrons. The Morgan fingerprint density at radius 1 is 1.21 bits per heavy atom. The zero-order valence-electron chi connectivity index (χ0n) is 13.0. The molecule has 2 rings (SSSR count). The van der Waals surface area contributed by atoms with Crippen molar-refractivity contribution in [1.82, 2.24) is 0 Å². The summed E-state index contributed by atoms with van der Waals surface area (Å²) in [5.41, 5.74) is 1.12. The van der Waals surface area contributed by atoms with Gasteiger partial charge in [0, 0.05) is 12.1 Å². The molecule has 0 bridgehead atoms. The van der Waals surface area contributed by atoms with Crippen molar-refractivity contribution in [3.05, 3.63) is 53.8 Å². The number of hydrogen-bond acceptors (Lipinski definition) is 4. The topological polar surface area (TPSA) is 98.5 Å². The maximum absolute atomic E-state index is 12.8. The summed E-state index contributed by atoms with van der Waals surface area (Å²) in [6.45, 7) is 0. The number of nitrogens with two attached hydrogens (primary N) is 1. The van der Waals surface area contributed by atoms with E-state index in [2.05, 4.69) is 5.32 Å². The third kappa shape index (κ3) is 4.77. The molecule has 3 N–H and O–H groups in total. The lowest BCUT2D eigenvalue weighted by Crippen LogP contribution is -2.16. The van der Waals surface area contributed by atoms with Gasteiger partial charge >= 0.3 is 0 Å². The highest BCUT2D eigenvalue weighted by Crippen LogP contribution is 2.26. The van der Waals surface area contributed by atoms with Gasteiger partial charge in [-0.05, 0) is 42.3 Å². The first-order valence-electron chi connectivity index (χ1n) is 7.05. The fourth-order valence-corrected chi connectivity index (χ4v) is 2.83. The number of methoxy groups -OCH3 is 1. The van der Waals surface area contributed by atoms with Gasteiger partial charge in [0.2, 0.25) is 15.9 Å². The monoisotopic (exact) mass is 352 g/mol. The van der Waals surface area contributed by atoms with Crippen molar-refractivity contribution in [1.29, 1.82) is 0 Å². The largest absolute Gasteiger partial charge is 0.495 e. The molecule has 0 saturated heterocycles. The molecule has 0 aromatic heterocycles. The number of rotatable bonds is 6. The maximum atomic E-state index is 12.8. The van der Waals surface area contributed by atoms with Crippen LogP contribution in [0, 0.1) is 5.82 Å². The number of primary sulfonamides is 1. The first kappa shape index (κ1) is 17.9. The quantitative estimate of drug-likeness (QED) is 0.831. The summed E-state index contributed by atoms with van der Waals surface area (Å²) in [6, 6.07) is 10.0. The van der Waals surface area contributed by atoms with Crippen LogP contribution in [0.25, 0.3) is 0 Å². The Balaban J connectivity index is 2.05. The molecule has 128 valence electrons. The number of anilines is 1. The van der Waals surface area contributed by atoms with Crippen molar-refractivity contribution < 1.29 is 22.3 Å². The molecule has 2 aromatic rings. The molecule has 24 heavy (non-hydrogen) atoms. The van der Waals surface area contributed by atoms with Crippen LogP contribution in [-0.2, 0) is 21.2 Å². The van der Waals surface area contributed by atoms with Gasteiger partial charge in [-0.3, -0.25) is 4.79 Å². The second kappa shape index (κ2) is 7.41. The van der Waals surface area contributed by atoms with E-state index in [-0.39, 0.29) is 28.8 Å². The molecule has 0 fully saturated rings. The van der Waals surface area contributed by atoms with E-state index < -0.39 is 10.0 Å². The highest BCUT2D eigenvalue weighted by atomic mass is 32.2. The zero-order chi connectivity index (χ0) is 17.7. The van der Waals surface area contributed by atoms with Gasteiger partial charge in [0.1, 0.15) is 16.5 Å². The van der Waals surface area contributed by atoms with Crippen LogP contribution in [-0.4, -0.2) is 21.4 Å². The number of carbonyl (C=O) groups is 1. The van der Waals surface area contributed by atoms with Crippen LogP contribution >= 0.6 is 0 Å². The van der Waals surface area contributed by atoms with Gasteiger partial charge in [-0.25, -0.2) is 17.9 Å². The number of benzene rings is 2. The van der Waals surface area contributed by atoms with Gasteiger partial charge < -0.3 is 10.1 Å². The van der Waals surface area contributed by atoms with Crippen molar-refractivity contribution in [2.24, 2.45) is 5.14 Å². The molecule has 0 saturated carbocycles. The first-order valence-corrected chi connectivity index (χ1v) is 8.59. The van der Waals surface area contributed by atoms with E-state index in [1.807, 2.05) is 0 Å². The molecule has 0 heterocycles. The van der Waals surface area contributed by atoms with E-state index in [0.29, 0.717) is 12.1 Å². The number of amides is 1. The molecule has 1 amide bonds. The number of sulfonamides is 1. The minimum atomic E-state index is -3.98. The highest BCUT2D eigenvalue weighted by molar-refractivity contribution is 7.89. The summed E-state index contributed by atoms with van der Waals surface area (Å²) >= 11 is 0. The molecule has 0 unspecified atom stereocenters. The zero-order valence-corrected chi connectivity index (χ0v) is 13.8. The Morgan fingerprint density at radius 2 is 1.88 bits per heavy atom. The molecular formula is C16H17FN2O4S. The Morgan fingerprint density at radius 3 is 2.46 bits per heavy atom. The first-order chi connectivity index (χ1) is 11.3. The van der Waals surface area contributed by atoms with Gasteiger partial charge in [0.15, 0.2) is 0 Å². The standard InChI is InChI=1S/C16H17FN2O4S/c1-23-14-8-7-13(10-15(14)24(18,21)22)19-16(20)9-4-11-2-5-12(17)6-3-11/h2-3,5-8,10H,4,9H2,1H3,(H,19,20)(H2,18,21,22). The Kier molecular flexibility index (Phi) is 5.53. The summed E-state index contributed by atoms with van der Waals surface area (Å²) in [7, 11) is -2.65. The van der Waals surface area contributed by atoms with E-state index in [4.69, 9.17) is 9.88 Å². The third-order valence-corrected chi connectivity index (χ3v) is 4.24. The lowest BCUT2D eigenvalue weighted by Gasteiger charge is -2.10. The van der Waals surface area contributed by atoms with Crippen LogP contribution in [0.2, 0.25) is 0 Å². The van der Waals surface area contributed by atoms with Crippen molar-refractivity contribution in [3.8, 4) is 5.75 Å². The number of nitrogens with one attached hydrogen (secondary N) is 1. The van der Waals surface area contributed by atoms with Crippen molar-refractivity contribution in [3.63, 3.8) is 0 Å². The molecule has 0 aliphatic heterocycles. The SMILES string of the molecule is COc1ccc(NC(=O)CCc2ccc(F)cc2)cc1S(N)(=O)=O. The summed E-state index contributed by atoms with van der Waals surface area (Å²) in [4.78, 5) is 11.8. The van der Waals surface area contributed by atoms with Crippen molar-refractivity contribution >= 4 is 21.6 Å². The number of aryl methyl sites for hydroxylation is 1. The van der Waals surface area contributed by atoms with Gasteiger partial charge in [-0.15, -0.1) is 0 Å². The van der Waals surface area contributed by atoms with Crippen LogP contribution in [0.15, 0.2) is 47.4 Å². The number of halogens is 1. The lowest BCUT2D eigenvalue weighted by molar-refractivity contribution is -0.116. The molecule has 6 nitrogen and oxygen atoms in total. The predicted octanol–water partition coefficient (Wildman–Crippen LogP) is 2.05. The predicted molar refractivity (Wildman–Crippen MR) is 87.7 cm³/mol. The van der Waals surface area contributed by atoms with Crippen LogP contribution in [0.5, 0.6) is 5.75 Å². The van der Waals surface area contributed by atoms with Crippen LogP contribution in [0.4, 0.5) is 10.1 Å². The van der Waals surface area contributed by atoms with Crippen LogP contribution in [0.1, 0.15) is 12.0 Å². The van der Waals surface area contributed by atoms with Gasteiger partial charge in [-0.2, -0.15) is 0 Å². The van der Waals surface area contributed by atoms with Crippen molar-refractivity contribution in [2.75, 3.05) is 12.4 Å². The van der Waals surface area contributed by atoms with E-state index in [1.165, 1.54) is 37.4 Å². The maximum Gasteiger partial charge on any atom is 0.241 e. The second-order valence-electron chi connectivity index (χ2n) is 5.09. The van der Waals surface area contributed by atoms with Gasteiger partial charge in [0.25, 0.3) is 0 Å². The lowest BCUT2D eigenvalue weighted by atomic mass is 10.1. The number of ether oxygens (including phenoxy) is 1. The fraction of sp³-hybridized carbons (Fsp3) is 0.188. The van der Waals surface area contributed by atoms with Crippen LogP contribution < -0.4 is 15.2 Å². The number of carbonyl (C=O) groups excluding carboxylic acids is 1. The van der Waals surface area contributed by atoms with E-state index >= 15 is 0 Å². The Bertz CT molecular complexity index is 836. The Hall–Kier alpha value is -2.45. The molecule has 0 aliphatic rings. The highest BCUT2D eigenvalue weighted by Gasteiger charge is 2.16. The molecule has 2 aromatic carbocycles. The summed E-state index contributed by atoms with van der Waals surface area (Å²) in [5.74, 6) is -0.538. The summed E-state index contributed by atoms with van der Waals surface area (Å²) in [5, 5.41) is 7.73. The minimum absolute atomic E-state index is 0.0989. The van der Waals surface area contributed by atoms with Crippen molar-refractivity contribution in [2.45, 2.75) is 17.7 Å². The molecule has 8 heteroatoms. The summed E-state index contributed by atoms with van der Waals surface area (Å²) in [6.07, 6.45) is 0.604. The molecular weight excluding hydrogens is 335 g/mol. The van der Waals surface area contributed by atoms with Gasteiger partial charge in [0.05, 0.1) is 7.11 Å². The molecule has 0 spiro atoms. The number of hydrogen-bond donors (Lipinski definition) is 2. The smallest absolute Gasteiger partial charge is 0.241 e. The fourth-order valence-electron chi connectivity index (χ4n) is 2.11. The van der Waals surface area contributed by atoms with Crippen LogP contribution in [0.3, 0.4) is 0 Å². The van der Waals surface area contributed by atoms with E-state index in [9.17, 15) is 17.6 Å². The van der Waals surface area contributed by atoms with E-state index in [1.54, 1.807) is 12.1 Å². The Labute approximate surface area is 139 Å². The molecule has 0 atom stereocenters. The average Bonchev–Trinajstić information content (AvgIpc) is 2.53. The molecule has 0 aliphatic carbocycles. The second-order valence-corrected chi connectivity index (χ2v) is 6.62. The minimum Gasteiger partial charge on any atom is -0.495 e. The normalized spacial score (nSPS) is 11.1. The summed E-state index contributed by atoms with van der Waals surface area (Å²) < 4.78 is 40.9. The van der Waals surface area contributed by atoms with E-state index in [0.717, 1.165) is 5.56 Å². The van der Waals surface area contributed by atoms with Gasteiger partial charge in [-0.1, -0.05) is 12.1 Å². The average molecular weight is 352 g/mol.